The van der Waals surface area contributed by atoms with E-state index in [1.54, 1.807) is 19.1 Å². The monoisotopic (exact) mass is 336 g/mol. The standard InChI is InChI=1S/C17H25FN4O2/c1-3-19-16(23)17(24)20-12-15(13-4-6-14(18)7-5-13)22-10-8-21(2)9-11-22/h4-7,15H,3,8-12H2,1-2H3,(H,19,23)(H,20,24)/t15-/m0/s1. The second-order valence-electron chi connectivity index (χ2n) is 5.98. The molecular formula is C17H25FN4O2. The van der Waals surface area contributed by atoms with Crippen molar-refractivity contribution in [2.75, 3.05) is 46.3 Å². The van der Waals surface area contributed by atoms with E-state index in [1.165, 1.54) is 12.1 Å². The molecule has 1 aromatic rings. The molecule has 0 aliphatic carbocycles. The Labute approximate surface area is 142 Å². The Bertz CT molecular complexity index is 556. The molecule has 132 valence electrons. The van der Waals surface area contributed by atoms with Crippen LogP contribution in [0.3, 0.4) is 0 Å². The van der Waals surface area contributed by atoms with E-state index in [-0.39, 0.29) is 11.9 Å². The molecule has 2 rings (SSSR count). The highest BCUT2D eigenvalue weighted by molar-refractivity contribution is 6.35. The zero-order valence-corrected chi connectivity index (χ0v) is 14.2. The van der Waals surface area contributed by atoms with Crippen LogP contribution >= 0.6 is 0 Å². The molecule has 1 atom stereocenters. The summed E-state index contributed by atoms with van der Waals surface area (Å²) >= 11 is 0. The summed E-state index contributed by atoms with van der Waals surface area (Å²) < 4.78 is 13.2. The summed E-state index contributed by atoms with van der Waals surface area (Å²) in [5.74, 6) is -1.56. The summed E-state index contributed by atoms with van der Waals surface area (Å²) in [5, 5.41) is 5.17. The van der Waals surface area contributed by atoms with Crippen molar-refractivity contribution in [1.29, 1.82) is 0 Å². The number of nitrogens with one attached hydrogen (secondary N) is 2. The highest BCUT2D eigenvalue weighted by Gasteiger charge is 2.25. The van der Waals surface area contributed by atoms with E-state index >= 15 is 0 Å². The Morgan fingerprint density at radius 3 is 2.25 bits per heavy atom. The van der Waals surface area contributed by atoms with Gasteiger partial charge in [-0.3, -0.25) is 14.5 Å². The molecule has 1 aliphatic heterocycles. The number of rotatable bonds is 5. The third kappa shape index (κ3) is 5.01. The summed E-state index contributed by atoms with van der Waals surface area (Å²) in [4.78, 5) is 27.9. The Hall–Kier alpha value is -1.99. The molecular weight excluding hydrogens is 311 g/mol. The fourth-order valence-corrected chi connectivity index (χ4v) is 2.79. The minimum Gasteiger partial charge on any atom is -0.348 e. The summed E-state index contributed by atoms with van der Waals surface area (Å²) in [6.45, 7) is 6.06. The van der Waals surface area contributed by atoms with E-state index in [1.807, 2.05) is 0 Å². The molecule has 1 fully saturated rings. The molecule has 2 amide bonds. The molecule has 1 aromatic carbocycles. The molecule has 1 saturated heterocycles. The van der Waals surface area contributed by atoms with Gasteiger partial charge in [-0.25, -0.2) is 4.39 Å². The van der Waals surface area contributed by atoms with Gasteiger partial charge in [-0.05, 0) is 31.7 Å². The van der Waals surface area contributed by atoms with Gasteiger partial charge in [-0.1, -0.05) is 12.1 Å². The smallest absolute Gasteiger partial charge is 0.309 e. The molecule has 0 aromatic heterocycles. The van der Waals surface area contributed by atoms with Crippen LogP contribution in [-0.4, -0.2) is 67.9 Å². The summed E-state index contributed by atoms with van der Waals surface area (Å²) in [5.41, 5.74) is 0.928. The minimum atomic E-state index is -0.641. The lowest BCUT2D eigenvalue weighted by Gasteiger charge is -2.38. The Morgan fingerprint density at radius 1 is 1.08 bits per heavy atom. The van der Waals surface area contributed by atoms with Crippen LogP contribution in [-0.2, 0) is 9.59 Å². The van der Waals surface area contributed by atoms with Crippen LogP contribution in [0.1, 0.15) is 18.5 Å². The molecule has 1 aliphatic rings. The van der Waals surface area contributed by atoms with E-state index in [0.717, 1.165) is 31.7 Å². The number of halogens is 1. The zero-order chi connectivity index (χ0) is 17.5. The topological polar surface area (TPSA) is 64.7 Å². The van der Waals surface area contributed by atoms with Gasteiger partial charge in [0.2, 0.25) is 0 Å². The van der Waals surface area contributed by atoms with Crippen LogP contribution < -0.4 is 10.6 Å². The molecule has 2 N–H and O–H groups in total. The molecule has 1 heterocycles. The van der Waals surface area contributed by atoms with Gasteiger partial charge >= 0.3 is 11.8 Å². The largest absolute Gasteiger partial charge is 0.348 e. The number of hydrogen-bond donors (Lipinski definition) is 2. The van der Waals surface area contributed by atoms with Gasteiger partial charge in [0.15, 0.2) is 0 Å². The molecule has 0 radical (unpaired) electrons. The van der Waals surface area contributed by atoms with Crippen molar-refractivity contribution < 1.29 is 14.0 Å². The molecule has 0 spiro atoms. The van der Waals surface area contributed by atoms with Gasteiger partial charge in [0.05, 0.1) is 6.04 Å². The first kappa shape index (κ1) is 18.4. The third-order valence-electron chi connectivity index (χ3n) is 4.23. The Kier molecular flexibility index (Phi) is 6.69. The first-order valence-electron chi connectivity index (χ1n) is 8.25. The van der Waals surface area contributed by atoms with E-state index < -0.39 is 11.8 Å². The first-order chi connectivity index (χ1) is 11.5. The van der Waals surface area contributed by atoms with Gasteiger partial charge in [-0.15, -0.1) is 0 Å². The Morgan fingerprint density at radius 2 is 1.67 bits per heavy atom. The molecule has 0 unspecified atom stereocenters. The lowest BCUT2D eigenvalue weighted by atomic mass is 10.0. The van der Waals surface area contributed by atoms with Crippen molar-refractivity contribution in [2.45, 2.75) is 13.0 Å². The van der Waals surface area contributed by atoms with Gasteiger partial charge in [0.1, 0.15) is 5.82 Å². The van der Waals surface area contributed by atoms with E-state index in [9.17, 15) is 14.0 Å². The van der Waals surface area contributed by atoms with Gasteiger partial charge in [0.25, 0.3) is 0 Å². The first-order valence-corrected chi connectivity index (χ1v) is 8.25. The van der Waals surface area contributed by atoms with Crippen LogP contribution in [0.4, 0.5) is 4.39 Å². The van der Waals surface area contributed by atoms with Crippen LogP contribution in [0.15, 0.2) is 24.3 Å². The second-order valence-corrected chi connectivity index (χ2v) is 5.98. The average molecular weight is 336 g/mol. The predicted octanol–water partition coefficient (Wildman–Crippen LogP) is 0.367. The molecule has 6 nitrogen and oxygen atoms in total. The third-order valence-corrected chi connectivity index (χ3v) is 4.23. The van der Waals surface area contributed by atoms with Gasteiger partial charge in [0, 0.05) is 39.3 Å². The summed E-state index contributed by atoms with van der Waals surface area (Å²) in [7, 11) is 2.07. The van der Waals surface area contributed by atoms with Crippen molar-refractivity contribution in [2.24, 2.45) is 0 Å². The Balaban J connectivity index is 2.06. The highest BCUT2D eigenvalue weighted by Crippen LogP contribution is 2.22. The molecule has 24 heavy (non-hydrogen) atoms. The van der Waals surface area contributed by atoms with E-state index in [0.29, 0.717) is 13.1 Å². The van der Waals surface area contributed by atoms with Crippen LogP contribution in [0.2, 0.25) is 0 Å². The second kappa shape index (κ2) is 8.75. The maximum absolute atomic E-state index is 13.2. The lowest BCUT2D eigenvalue weighted by Crippen LogP contribution is -2.49. The van der Waals surface area contributed by atoms with Crippen LogP contribution in [0.25, 0.3) is 0 Å². The van der Waals surface area contributed by atoms with Crippen molar-refractivity contribution >= 4 is 11.8 Å². The van der Waals surface area contributed by atoms with Crippen LogP contribution in [0.5, 0.6) is 0 Å². The maximum atomic E-state index is 13.2. The van der Waals surface area contributed by atoms with Gasteiger partial charge in [-0.2, -0.15) is 0 Å². The van der Waals surface area contributed by atoms with Gasteiger partial charge < -0.3 is 15.5 Å². The van der Waals surface area contributed by atoms with Crippen molar-refractivity contribution in [3.05, 3.63) is 35.6 Å². The van der Waals surface area contributed by atoms with Crippen molar-refractivity contribution in [3.8, 4) is 0 Å². The highest BCUT2D eigenvalue weighted by atomic mass is 19.1. The van der Waals surface area contributed by atoms with Crippen molar-refractivity contribution in [1.82, 2.24) is 20.4 Å². The number of nitrogens with zero attached hydrogens (tertiary/aromatic N) is 2. The summed E-state index contributed by atoms with van der Waals surface area (Å²) in [6.07, 6.45) is 0. The number of hydrogen-bond acceptors (Lipinski definition) is 4. The molecule has 7 heteroatoms. The minimum absolute atomic E-state index is 0.0855. The average Bonchev–Trinajstić information content (AvgIpc) is 2.58. The fraction of sp³-hybridized carbons (Fsp3) is 0.529. The molecule has 0 saturated carbocycles. The van der Waals surface area contributed by atoms with Crippen molar-refractivity contribution in [3.63, 3.8) is 0 Å². The number of likely N-dealkylation sites (N-methyl/N-ethyl adjacent to an activating group) is 2. The lowest BCUT2D eigenvalue weighted by molar-refractivity contribution is -0.139. The number of piperazine rings is 1. The normalized spacial score (nSPS) is 17.3. The van der Waals surface area contributed by atoms with E-state index in [4.69, 9.17) is 0 Å². The number of amides is 2. The molecule has 0 bridgehead atoms. The van der Waals surface area contributed by atoms with E-state index in [2.05, 4.69) is 27.5 Å². The van der Waals surface area contributed by atoms with Crippen LogP contribution in [0, 0.1) is 5.82 Å². The number of carbonyl (C=O) groups excluding carboxylic acids is 2. The zero-order valence-electron chi connectivity index (χ0n) is 14.2. The number of benzene rings is 1. The number of carbonyl (C=O) groups is 2. The fourth-order valence-electron chi connectivity index (χ4n) is 2.79. The quantitative estimate of drug-likeness (QED) is 0.763. The SMILES string of the molecule is CCNC(=O)C(=O)NC[C@@H](c1ccc(F)cc1)N1CCN(C)CC1. The predicted molar refractivity (Wildman–Crippen MR) is 89.9 cm³/mol. The maximum Gasteiger partial charge on any atom is 0.309 e. The summed E-state index contributed by atoms with van der Waals surface area (Å²) in [6, 6.07) is 6.22.